The van der Waals surface area contributed by atoms with Crippen LogP contribution in [-0.2, 0) is 25.1 Å². The van der Waals surface area contributed by atoms with E-state index in [0.29, 0.717) is 56.6 Å². The number of esters is 1. The average Bonchev–Trinajstić information content (AvgIpc) is 3.42. The van der Waals surface area contributed by atoms with Gasteiger partial charge >= 0.3 is 12.1 Å². The molecule has 8 nitrogen and oxygen atoms in total. The van der Waals surface area contributed by atoms with E-state index in [0.717, 1.165) is 21.3 Å². The van der Waals surface area contributed by atoms with Gasteiger partial charge in [0.1, 0.15) is 5.60 Å². The number of methoxy groups -OCH3 is 1. The van der Waals surface area contributed by atoms with E-state index in [1.807, 2.05) is 71.1 Å². The standard InChI is InChI=1S/C43H58N2O6Si/c1-10-43(48)28-31(29-50-52(42(5,6)7,32-19-13-11-14-20-32)33-21-15-12-16-22-33)27-36(39(46)49-9)38-35(25-26-44(8)30-43)34-23-17-18-24-37(34)45(38)40(47)51-41(2,3)4/h11-24,31,36,48H,10,25-30H2,1-9H3/t31-,36?,43+/m1/s1. The number of carbonyl (C=O) groups is 2. The van der Waals surface area contributed by atoms with Gasteiger partial charge in [0, 0.05) is 30.8 Å². The number of β-amino-alcohol motifs (C(OH)–C–C–N with tert-alkyl or cyclic N) is 1. The van der Waals surface area contributed by atoms with Gasteiger partial charge in [-0.2, -0.15) is 0 Å². The summed E-state index contributed by atoms with van der Waals surface area (Å²) in [6, 6.07) is 28.8. The van der Waals surface area contributed by atoms with E-state index in [4.69, 9.17) is 13.9 Å². The Balaban J connectivity index is 1.71. The summed E-state index contributed by atoms with van der Waals surface area (Å²) in [6.45, 7) is 15.7. The lowest BCUT2D eigenvalue weighted by Crippen LogP contribution is -2.67. The second-order valence-electron chi connectivity index (χ2n) is 16.6. The minimum absolute atomic E-state index is 0.261. The molecule has 52 heavy (non-hydrogen) atoms. The van der Waals surface area contributed by atoms with Crippen LogP contribution < -0.4 is 10.4 Å². The fourth-order valence-corrected chi connectivity index (χ4v) is 12.9. The second-order valence-corrected chi connectivity index (χ2v) is 20.9. The van der Waals surface area contributed by atoms with Crippen LogP contribution in [0.2, 0.25) is 5.04 Å². The summed E-state index contributed by atoms with van der Waals surface area (Å²) in [5.74, 6) is -1.53. The molecule has 3 atom stereocenters. The number of aliphatic hydroxyl groups is 1. The largest absolute Gasteiger partial charge is 0.469 e. The Morgan fingerprint density at radius 1 is 0.904 bits per heavy atom. The summed E-state index contributed by atoms with van der Waals surface area (Å²) in [6.07, 6.45) is 1.28. The number of rotatable bonds is 7. The van der Waals surface area contributed by atoms with E-state index in [1.165, 1.54) is 7.11 Å². The lowest BCUT2D eigenvalue weighted by atomic mass is 9.82. The maximum absolute atomic E-state index is 14.2. The smallest absolute Gasteiger partial charge is 0.419 e. The van der Waals surface area contributed by atoms with Crippen molar-refractivity contribution in [2.45, 2.75) is 96.3 Å². The summed E-state index contributed by atoms with van der Waals surface area (Å²) in [5.41, 5.74) is 0.408. The summed E-state index contributed by atoms with van der Waals surface area (Å²) in [7, 11) is 0.461. The Morgan fingerprint density at radius 2 is 1.48 bits per heavy atom. The molecule has 9 heteroatoms. The van der Waals surface area contributed by atoms with Gasteiger partial charge in [0.05, 0.1) is 24.1 Å². The van der Waals surface area contributed by atoms with E-state index >= 15 is 0 Å². The van der Waals surface area contributed by atoms with Crippen molar-refractivity contribution in [1.29, 1.82) is 0 Å². The van der Waals surface area contributed by atoms with Crippen molar-refractivity contribution in [2.75, 3.05) is 33.9 Å². The molecule has 0 saturated carbocycles. The van der Waals surface area contributed by atoms with Crippen LogP contribution in [0.1, 0.15) is 84.9 Å². The highest BCUT2D eigenvalue weighted by Gasteiger charge is 2.51. The number of fused-ring (bicyclic) bond motifs is 3. The Bertz CT molecular complexity index is 1790. The van der Waals surface area contributed by atoms with Crippen molar-refractivity contribution in [3.05, 3.63) is 96.2 Å². The molecule has 1 N–H and O–H groups in total. The highest BCUT2D eigenvalue weighted by Crippen LogP contribution is 2.41. The molecule has 1 aliphatic heterocycles. The number of hydrogen-bond acceptors (Lipinski definition) is 7. The van der Waals surface area contributed by atoms with Crippen molar-refractivity contribution in [3.63, 3.8) is 0 Å². The normalized spacial score (nSPS) is 20.9. The molecule has 0 aliphatic carbocycles. The van der Waals surface area contributed by atoms with Crippen molar-refractivity contribution in [2.24, 2.45) is 5.92 Å². The first-order chi connectivity index (χ1) is 24.5. The first-order valence-corrected chi connectivity index (χ1v) is 20.5. The zero-order valence-electron chi connectivity index (χ0n) is 32.6. The fourth-order valence-electron chi connectivity index (χ4n) is 8.21. The zero-order valence-corrected chi connectivity index (χ0v) is 33.6. The van der Waals surface area contributed by atoms with Gasteiger partial charge < -0.3 is 23.9 Å². The molecule has 1 aromatic heterocycles. The predicted molar refractivity (Wildman–Crippen MR) is 211 cm³/mol. The molecule has 5 rings (SSSR count). The van der Waals surface area contributed by atoms with Crippen molar-refractivity contribution in [1.82, 2.24) is 9.47 Å². The van der Waals surface area contributed by atoms with Gasteiger partial charge in [-0.3, -0.25) is 4.79 Å². The van der Waals surface area contributed by atoms with Gasteiger partial charge in [-0.1, -0.05) is 107 Å². The Hall–Kier alpha value is -3.76. The predicted octanol–water partition coefficient (Wildman–Crippen LogP) is 7.28. The van der Waals surface area contributed by atoms with E-state index < -0.39 is 37.5 Å². The number of likely N-dealkylation sites (N-methyl/N-ethyl adjacent to an activating group) is 1. The fraction of sp³-hybridized carbons (Fsp3) is 0.488. The van der Waals surface area contributed by atoms with Gasteiger partial charge in [-0.25, -0.2) is 9.36 Å². The average molecular weight is 727 g/mol. The monoisotopic (exact) mass is 726 g/mol. The van der Waals surface area contributed by atoms with E-state index in [-0.39, 0.29) is 11.0 Å². The van der Waals surface area contributed by atoms with Crippen LogP contribution in [0.5, 0.6) is 0 Å². The molecule has 0 saturated heterocycles. The number of carbonyl (C=O) groups excluding carboxylic acids is 2. The molecule has 0 bridgehead atoms. The third kappa shape index (κ3) is 8.23. The van der Waals surface area contributed by atoms with Crippen LogP contribution in [0.15, 0.2) is 84.9 Å². The number of ether oxygens (including phenoxy) is 2. The molecular weight excluding hydrogens is 669 g/mol. The third-order valence-corrected chi connectivity index (χ3v) is 15.6. The van der Waals surface area contributed by atoms with Crippen molar-refractivity contribution >= 4 is 41.7 Å². The van der Waals surface area contributed by atoms with Crippen LogP contribution in [0, 0.1) is 5.92 Å². The van der Waals surface area contributed by atoms with Crippen LogP contribution in [0.4, 0.5) is 4.79 Å². The topological polar surface area (TPSA) is 90.2 Å². The molecule has 2 heterocycles. The molecule has 0 radical (unpaired) electrons. The second kappa shape index (κ2) is 15.7. The van der Waals surface area contributed by atoms with E-state index in [9.17, 15) is 14.7 Å². The quantitative estimate of drug-likeness (QED) is 0.158. The molecule has 1 unspecified atom stereocenters. The molecule has 0 spiro atoms. The van der Waals surface area contributed by atoms with E-state index in [2.05, 4.69) is 74.2 Å². The van der Waals surface area contributed by atoms with Crippen molar-refractivity contribution < 1.29 is 28.6 Å². The summed E-state index contributed by atoms with van der Waals surface area (Å²) < 4.78 is 20.6. The highest BCUT2D eigenvalue weighted by molar-refractivity contribution is 6.99. The Kier molecular flexibility index (Phi) is 11.9. The van der Waals surface area contributed by atoms with Gasteiger partial charge in [0.15, 0.2) is 0 Å². The van der Waals surface area contributed by atoms with Gasteiger partial charge in [0.25, 0.3) is 8.32 Å². The first-order valence-electron chi connectivity index (χ1n) is 18.6. The number of hydrogen-bond donors (Lipinski definition) is 1. The van der Waals surface area contributed by atoms with Crippen LogP contribution in [-0.4, -0.2) is 80.0 Å². The number of nitrogens with zero attached hydrogens (tertiary/aromatic N) is 2. The Morgan fingerprint density at radius 3 is 2.02 bits per heavy atom. The Labute approximate surface area is 311 Å². The molecule has 0 amide bonds. The van der Waals surface area contributed by atoms with Gasteiger partial charge in [0.2, 0.25) is 0 Å². The highest BCUT2D eigenvalue weighted by atomic mass is 28.4. The van der Waals surface area contributed by atoms with Gasteiger partial charge in [-0.05, 0) is 86.5 Å². The summed E-state index contributed by atoms with van der Waals surface area (Å²) in [4.78, 5) is 30.5. The maximum Gasteiger partial charge on any atom is 0.419 e. The summed E-state index contributed by atoms with van der Waals surface area (Å²) in [5, 5.41) is 15.2. The van der Waals surface area contributed by atoms with Gasteiger partial charge in [-0.15, -0.1) is 0 Å². The zero-order chi connectivity index (χ0) is 37.9. The van der Waals surface area contributed by atoms with Crippen molar-refractivity contribution in [3.8, 4) is 0 Å². The number of benzene rings is 3. The minimum atomic E-state index is -2.96. The third-order valence-electron chi connectivity index (χ3n) is 10.6. The number of para-hydroxylation sites is 1. The van der Waals surface area contributed by atoms with Crippen LogP contribution in [0.25, 0.3) is 10.9 Å². The first kappa shape index (κ1) is 39.4. The van der Waals surface area contributed by atoms with E-state index in [1.54, 1.807) is 4.57 Å². The number of aromatic nitrogens is 1. The molecule has 3 aromatic carbocycles. The molecule has 280 valence electrons. The lowest BCUT2D eigenvalue weighted by Gasteiger charge is -2.44. The molecular formula is C43H58N2O6Si. The molecule has 0 fully saturated rings. The SMILES string of the molecule is CC[C@]1(O)C[C@H](CO[Si](c2ccccc2)(c2ccccc2)C(C)(C)C)CC(C(=O)OC)c2c(c3ccccc3n2C(=O)OC(C)(C)C)CCN(C)C1. The van der Waals surface area contributed by atoms with Crippen LogP contribution >= 0.6 is 0 Å². The maximum atomic E-state index is 14.2. The summed E-state index contributed by atoms with van der Waals surface area (Å²) >= 11 is 0. The lowest BCUT2D eigenvalue weighted by molar-refractivity contribution is -0.143. The molecule has 4 aromatic rings. The minimum Gasteiger partial charge on any atom is -0.469 e. The van der Waals surface area contributed by atoms with Crippen LogP contribution in [0.3, 0.4) is 0 Å². The molecule has 1 aliphatic rings.